The number of carboxylic acids is 1. The monoisotopic (exact) mass is 292 g/mol. The first-order chi connectivity index (χ1) is 10.0. The second-order valence-corrected chi connectivity index (χ2v) is 4.54. The third-order valence-electron chi connectivity index (χ3n) is 2.93. The molecule has 0 amide bonds. The van der Waals surface area contributed by atoms with Crippen molar-refractivity contribution in [3.8, 4) is 11.3 Å². The SMILES string of the molecule is Cc1cnc(NC(CO)CO)nc1-c1c[nH]c(C(=O)O)c1. The number of nitrogens with one attached hydrogen (secondary N) is 2. The van der Waals surface area contributed by atoms with Crippen LogP contribution in [0.3, 0.4) is 0 Å². The summed E-state index contributed by atoms with van der Waals surface area (Å²) in [4.78, 5) is 21.9. The van der Waals surface area contributed by atoms with Gasteiger partial charge in [-0.05, 0) is 18.6 Å². The summed E-state index contributed by atoms with van der Waals surface area (Å²) in [6.07, 6.45) is 3.14. The summed E-state index contributed by atoms with van der Waals surface area (Å²) in [5, 5.41) is 29.8. The molecule has 112 valence electrons. The van der Waals surface area contributed by atoms with Crippen molar-refractivity contribution in [3.05, 3.63) is 29.7 Å². The minimum atomic E-state index is -1.05. The van der Waals surface area contributed by atoms with Gasteiger partial charge in [0.2, 0.25) is 5.95 Å². The lowest BCUT2D eigenvalue weighted by Gasteiger charge is -2.14. The Morgan fingerprint density at radius 3 is 2.71 bits per heavy atom. The first kappa shape index (κ1) is 14.9. The van der Waals surface area contributed by atoms with E-state index in [1.807, 2.05) is 6.92 Å². The van der Waals surface area contributed by atoms with Gasteiger partial charge >= 0.3 is 5.97 Å². The van der Waals surface area contributed by atoms with E-state index in [0.29, 0.717) is 11.3 Å². The molecule has 0 unspecified atom stereocenters. The number of aromatic amines is 1. The van der Waals surface area contributed by atoms with E-state index >= 15 is 0 Å². The molecule has 21 heavy (non-hydrogen) atoms. The summed E-state index contributed by atoms with van der Waals surface area (Å²) in [5.74, 6) is -0.797. The minimum absolute atomic E-state index is 0.0705. The summed E-state index contributed by atoms with van der Waals surface area (Å²) < 4.78 is 0. The number of aliphatic hydroxyl groups is 2. The molecule has 8 nitrogen and oxygen atoms in total. The molecular formula is C13H16N4O4. The van der Waals surface area contributed by atoms with Crippen molar-refractivity contribution in [3.63, 3.8) is 0 Å². The van der Waals surface area contributed by atoms with Gasteiger partial charge in [-0.2, -0.15) is 0 Å². The van der Waals surface area contributed by atoms with Crippen molar-refractivity contribution in [2.75, 3.05) is 18.5 Å². The number of hydrogen-bond donors (Lipinski definition) is 5. The lowest BCUT2D eigenvalue weighted by molar-refractivity contribution is 0.0691. The molecule has 2 aromatic rings. The van der Waals surface area contributed by atoms with Crippen LogP contribution in [-0.4, -0.2) is 55.5 Å². The average Bonchev–Trinajstić information content (AvgIpc) is 2.96. The van der Waals surface area contributed by atoms with Crippen LogP contribution in [0, 0.1) is 6.92 Å². The molecule has 5 N–H and O–H groups in total. The Kier molecular flexibility index (Phi) is 4.51. The largest absolute Gasteiger partial charge is 0.477 e. The van der Waals surface area contributed by atoms with Gasteiger partial charge in [0.25, 0.3) is 0 Å². The number of aliphatic hydroxyl groups excluding tert-OH is 2. The first-order valence-corrected chi connectivity index (χ1v) is 6.29. The smallest absolute Gasteiger partial charge is 0.352 e. The molecule has 2 aromatic heterocycles. The molecule has 0 saturated heterocycles. The Balaban J connectivity index is 2.32. The third-order valence-corrected chi connectivity index (χ3v) is 2.93. The van der Waals surface area contributed by atoms with Gasteiger partial charge in [-0.3, -0.25) is 0 Å². The molecule has 0 saturated carbocycles. The van der Waals surface area contributed by atoms with E-state index in [1.165, 1.54) is 6.07 Å². The number of hydrogen-bond acceptors (Lipinski definition) is 6. The molecule has 8 heteroatoms. The molecule has 0 bridgehead atoms. The van der Waals surface area contributed by atoms with Crippen LogP contribution in [0.5, 0.6) is 0 Å². The van der Waals surface area contributed by atoms with Crippen molar-refractivity contribution in [1.82, 2.24) is 15.0 Å². The van der Waals surface area contributed by atoms with Gasteiger partial charge in [0.1, 0.15) is 5.69 Å². The van der Waals surface area contributed by atoms with E-state index in [4.69, 9.17) is 15.3 Å². The number of rotatable bonds is 6. The fraction of sp³-hybridized carbons (Fsp3) is 0.308. The van der Waals surface area contributed by atoms with Gasteiger partial charge in [-0.1, -0.05) is 0 Å². The zero-order valence-electron chi connectivity index (χ0n) is 11.4. The van der Waals surface area contributed by atoms with Gasteiger partial charge in [0.15, 0.2) is 0 Å². The van der Waals surface area contributed by atoms with Crippen LogP contribution in [0.25, 0.3) is 11.3 Å². The van der Waals surface area contributed by atoms with Crippen molar-refractivity contribution in [2.24, 2.45) is 0 Å². The van der Waals surface area contributed by atoms with E-state index in [9.17, 15) is 4.79 Å². The van der Waals surface area contributed by atoms with Crippen LogP contribution in [0.2, 0.25) is 0 Å². The summed E-state index contributed by atoms with van der Waals surface area (Å²) in [6.45, 7) is 1.30. The summed E-state index contributed by atoms with van der Waals surface area (Å²) in [5.41, 5.74) is 2.05. The standard InChI is InChI=1S/C13H16N4O4/c1-7-3-15-13(16-9(5-18)6-19)17-11(7)8-2-10(12(20)21)14-4-8/h2-4,9,14,18-19H,5-6H2,1H3,(H,20,21)(H,15,16,17). The molecule has 0 aliphatic heterocycles. The zero-order chi connectivity index (χ0) is 15.4. The minimum Gasteiger partial charge on any atom is -0.477 e. The van der Waals surface area contributed by atoms with Crippen LogP contribution in [0.1, 0.15) is 16.1 Å². The highest BCUT2D eigenvalue weighted by atomic mass is 16.4. The van der Waals surface area contributed by atoms with Crippen molar-refractivity contribution in [2.45, 2.75) is 13.0 Å². The number of aromatic carboxylic acids is 1. The Hall–Kier alpha value is -2.45. The number of carboxylic acid groups (broad SMARTS) is 1. The Labute approximate surface area is 120 Å². The average molecular weight is 292 g/mol. The van der Waals surface area contributed by atoms with E-state index < -0.39 is 12.0 Å². The van der Waals surface area contributed by atoms with Gasteiger partial charge in [0.05, 0.1) is 24.9 Å². The van der Waals surface area contributed by atoms with Gasteiger partial charge < -0.3 is 25.6 Å². The highest BCUT2D eigenvalue weighted by molar-refractivity contribution is 5.87. The van der Waals surface area contributed by atoms with Crippen LogP contribution >= 0.6 is 0 Å². The van der Waals surface area contributed by atoms with Gasteiger partial charge in [-0.15, -0.1) is 0 Å². The summed E-state index contributed by atoms with van der Waals surface area (Å²) in [7, 11) is 0. The number of H-pyrrole nitrogens is 1. The molecule has 0 aliphatic rings. The quantitative estimate of drug-likeness (QED) is 0.515. The fourth-order valence-corrected chi connectivity index (χ4v) is 1.79. The topological polar surface area (TPSA) is 131 Å². The van der Waals surface area contributed by atoms with E-state index in [1.54, 1.807) is 12.4 Å². The highest BCUT2D eigenvalue weighted by Gasteiger charge is 2.13. The van der Waals surface area contributed by atoms with Crippen LogP contribution in [-0.2, 0) is 0 Å². The van der Waals surface area contributed by atoms with Crippen LogP contribution in [0.15, 0.2) is 18.5 Å². The molecular weight excluding hydrogens is 276 g/mol. The second kappa shape index (κ2) is 6.33. The number of carbonyl (C=O) groups is 1. The Morgan fingerprint density at radius 1 is 1.43 bits per heavy atom. The van der Waals surface area contributed by atoms with Crippen molar-refractivity contribution >= 4 is 11.9 Å². The molecule has 0 radical (unpaired) electrons. The number of nitrogens with zero attached hydrogens (tertiary/aromatic N) is 2. The molecule has 0 fully saturated rings. The molecule has 0 spiro atoms. The lowest BCUT2D eigenvalue weighted by Crippen LogP contribution is -2.28. The van der Waals surface area contributed by atoms with E-state index in [2.05, 4.69) is 20.3 Å². The van der Waals surface area contributed by atoms with Gasteiger partial charge in [-0.25, -0.2) is 14.8 Å². The zero-order valence-corrected chi connectivity index (χ0v) is 11.4. The van der Waals surface area contributed by atoms with Gasteiger partial charge in [0, 0.05) is 18.0 Å². The third kappa shape index (κ3) is 3.36. The van der Waals surface area contributed by atoms with Crippen LogP contribution in [0.4, 0.5) is 5.95 Å². The number of anilines is 1. The predicted molar refractivity (Wildman–Crippen MR) is 75.1 cm³/mol. The summed E-state index contributed by atoms with van der Waals surface area (Å²) >= 11 is 0. The van der Waals surface area contributed by atoms with E-state index in [0.717, 1.165) is 5.56 Å². The normalized spacial score (nSPS) is 10.9. The molecule has 0 aliphatic carbocycles. The molecule has 2 heterocycles. The maximum atomic E-state index is 10.9. The maximum absolute atomic E-state index is 10.9. The predicted octanol–water partition coefficient (Wildman–Crippen LogP) is 0.243. The Morgan fingerprint density at radius 2 is 2.14 bits per heavy atom. The molecule has 0 atom stereocenters. The van der Waals surface area contributed by atoms with Crippen LogP contribution < -0.4 is 5.32 Å². The first-order valence-electron chi connectivity index (χ1n) is 6.29. The number of aromatic nitrogens is 3. The van der Waals surface area contributed by atoms with Crippen molar-refractivity contribution < 1.29 is 20.1 Å². The maximum Gasteiger partial charge on any atom is 0.352 e. The number of aryl methyl sites for hydroxylation is 1. The van der Waals surface area contributed by atoms with E-state index in [-0.39, 0.29) is 24.9 Å². The summed E-state index contributed by atoms with van der Waals surface area (Å²) in [6, 6.07) is 0.929. The fourth-order valence-electron chi connectivity index (χ4n) is 1.79. The Bertz CT molecular complexity index is 637. The van der Waals surface area contributed by atoms with Crippen molar-refractivity contribution in [1.29, 1.82) is 0 Å². The molecule has 2 rings (SSSR count). The second-order valence-electron chi connectivity index (χ2n) is 4.54. The molecule has 0 aromatic carbocycles. The lowest BCUT2D eigenvalue weighted by atomic mass is 10.1. The highest BCUT2D eigenvalue weighted by Crippen LogP contribution is 2.22.